The van der Waals surface area contributed by atoms with Crippen molar-refractivity contribution in [2.45, 2.75) is 0 Å². The van der Waals surface area contributed by atoms with Gasteiger partial charge in [0.15, 0.2) is 6.29 Å². The average molecular weight is 253 g/mol. The smallest absolute Gasteiger partial charge is 0.166 e. The van der Waals surface area contributed by atoms with Gasteiger partial charge in [0.1, 0.15) is 0 Å². The van der Waals surface area contributed by atoms with Crippen molar-refractivity contribution >= 4 is 40.3 Å². The Bertz CT molecular complexity index is 707. The number of carbonyl (C=O) groups excluding carboxylic acids is 1. The number of aromatic nitrogens is 1. The Kier molecular flexibility index (Phi) is 2.82. The molecule has 0 unspecified atom stereocenters. The minimum atomic E-state index is 0.652. The Morgan fingerprint density at radius 3 is 2.78 bits per heavy atom. The Labute approximate surface area is 109 Å². The van der Waals surface area contributed by atoms with E-state index in [1.54, 1.807) is 11.3 Å². The Morgan fingerprint density at radius 1 is 1.11 bits per heavy atom. The third-order valence-electron chi connectivity index (χ3n) is 2.83. The van der Waals surface area contributed by atoms with Crippen LogP contribution >= 0.6 is 11.3 Å². The van der Waals surface area contributed by atoms with Crippen LogP contribution in [0, 0.1) is 0 Å². The Hall–Kier alpha value is -2.13. The Balaban J connectivity index is 2.15. The van der Waals surface area contributed by atoms with Crippen LogP contribution in [-0.4, -0.2) is 10.9 Å². The topological polar surface area (TPSA) is 22.0 Å². The number of allylic oxidation sites excluding steroid dienone is 1. The number of thiophene rings is 1. The highest BCUT2D eigenvalue weighted by molar-refractivity contribution is 7.10. The van der Waals surface area contributed by atoms with Crippen LogP contribution in [0.3, 0.4) is 0 Å². The zero-order chi connectivity index (χ0) is 12.4. The van der Waals surface area contributed by atoms with Crippen molar-refractivity contribution in [1.82, 2.24) is 4.57 Å². The third-order valence-corrected chi connectivity index (χ3v) is 3.65. The molecule has 0 radical (unpaired) electrons. The minimum absolute atomic E-state index is 0.652. The fourth-order valence-corrected chi connectivity index (χ4v) is 2.65. The van der Waals surface area contributed by atoms with Crippen LogP contribution in [-0.2, 0) is 4.79 Å². The maximum atomic E-state index is 11.3. The van der Waals surface area contributed by atoms with Crippen molar-refractivity contribution in [3.63, 3.8) is 0 Å². The van der Waals surface area contributed by atoms with Gasteiger partial charge < -0.3 is 4.57 Å². The Morgan fingerprint density at radius 2 is 2.00 bits per heavy atom. The van der Waals surface area contributed by atoms with Crippen molar-refractivity contribution in [3.05, 3.63) is 58.9 Å². The van der Waals surface area contributed by atoms with Crippen molar-refractivity contribution in [2.75, 3.05) is 0 Å². The van der Waals surface area contributed by atoms with Crippen molar-refractivity contribution in [3.8, 4) is 0 Å². The van der Waals surface area contributed by atoms with Crippen LogP contribution < -0.4 is 0 Å². The summed E-state index contributed by atoms with van der Waals surface area (Å²) in [5.74, 6) is 0. The molecule has 2 heterocycles. The van der Waals surface area contributed by atoms with E-state index in [1.807, 2.05) is 64.7 Å². The zero-order valence-electron chi connectivity index (χ0n) is 9.61. The molecule has 0 fully saturated rings. The van der Waals surface area contributed by atoms with Gasteiger partial charge in [-0.15, -0.1) is 11.3 Å². The van der Waals surface area contributed by atoms with Gasteiger partial charge in [-0.05, 0) is 35.0 Å². The number of hydrogen-bond acceptors (Lipinski definition) is 2. The van der Waals surface area contributed by atoms with Gasteiger partial charge in [-0.2, -0.15) is 0 Å². The van der Waals surface area contributed by atoms with Gasteiger partial charge in [0, 0.05) is 11.1 Å². The second-order valence-corrected chi connectivity index (χ2v) is 4.93. The van der Waals surface area contributed by atoms with Crippen LogP contribution in [0.1, 0.15) is 4.88 Å². The fraction of sp³-hybridized carbons (Fsp3) is 0. The van der Waals surface area contributed by atoms with E-state index in [4.69, 9.17) is 0 Å². The molecule has 0 aliphatic carbocycles. The van der Waals surface area contributed by atoms with E-state index in [0.29, 0.717) is 5.70 Å². The second kappa shape index (κ2) is 4.63. The molecular weight excluding hydrogens is 242 g/mol. The van der Waals surface area contributed by atoms with Gasteiger partial charge in [0.05, 0.1) is 11.2 Å². The summed E-state index contributed by atoms with van der Waals surface area (Å²) in [5.41, 5.74) is 1.70. The molecule has 0 aliphatic heterocycles. The van der Waals surface area contributed by atoms with Crippen LogP contribution in [0.25, 0.3) is 22.7 Å². The number of carbonyl (C=O) groups is 1. The van der Waals surface area contributed by atoms with Crippen molar-refractivity contribution in [2.24, 2.45) is 0 Å². The van der Waals surface area contributed by atoms with Crippen molar-refractivity contribution in [1.29, 1.82) is 0 Å². The van der Waals surface area contributed by atoms with Crippen LogP contribution in [0.2, 0.25) is 0 Å². The van der Waals surface area contributed by atoms with E-state index in [9.17, 15) is 4.79 Å². The van der Waals surface area contributed by atoms with E-state index in [0.717, 1.165) is 22.1 Å². The lowest BCUT2D eigenvalue weighted by Crippen LogP contribution is -1.95. The summed E-state index contributed by atoms with van der Waals surface area (Å²) in [5, 5.41) is 3.14. The standard InChI is InChI=1S/C15H11NOS/c17-11-13(10-14-5-3-9-18-14)16-8-7-12-4-1-2-6-15(12)16/h1-11H. The third kappa shape index (κ3) is 1.89. The number of fused-ring (bicyclic) bond motifs is 1. The fourth-order valence-electron chi connectivity index (χ4n) is 1.99. The van der Waals surface area contributed by atoms with Gasteiger partial charge in [0.25, 0.3) is 0 Å². The number of nitrogens with zero attached hydrogens (tertiary/aromatic N) is 1. The molecule has 0 aliphatic rings. The molecule has 2 aromatic heterocycles. The molecule has 2 nitrogen and oxygen atoms in total. The number of para-hydroxylation sites is 1. The highest BCUT2D eigenvalue weighted by atomic mass is 32.1. The molecule has 0 saturated carbocycles. The maximum Gasteiger partial charge on any atom is 0.166 e. The first-order valence-electron chi connectivity index (χ1n) is 5.65. The van der Waals surface area contributed by atoms with Crippen molar-refractivity contribution < 1.29 is 4.79 Å². The first-order valence-corrected chi connectivity index (χ1v) is 6.53. The molecule has 1 aromatic carbocycles. The zero-order valence-corrected chi connectivity index (χ0v) is 10.4. The minimum Gasteiger partial charge on any atom is -0.314 e. The molecule has 3 rings (SSSR count). The summed E-state index contributed by atoms with van der Waals surface area (Å²) in [4.78, 5) is 12.4. The molecule has 0 N–H and O–H groups in total. The number of aldehydes is 1. The number of hydrogen-bond donors (Lipinski definition) is 0. The van der Waals surface area contributed by atoms with Crippen LogP contribution in [0.5, 0.6) is 0 Å². The summed E-state index contributed by atoms with van der Waals surface area (Å²) in [6, 6.07) is 14.0. The van der Waals surface area contributed by atoms with Gasteiger partial charge in [-0.1, -0.05) is 24.3 Å². The van der Waals surface area contributed by atoms with Crippen LogP contribution in [0.15, 0.2) is 54.0 Å². The van der Waals surface area contributed by atoms with E-state index in [-0.39, 0.29) is 0 Å². The lowest BCUT2D eigenvalue weighted by molar-refractivity contribution is -0.103. The highest BCUT2D eigenvalue weighted by Gasteiger charge is 2.04. The van der Waals surface area contributed by atoms with E-state index >= 15 is 0 Å². The molecule has 0 bridgehead atoms. The molecule has 3 aromatic rings. The molecule has 88 valence electrons. The van der Waals surface area contributed by atoms with Gasteiger partial charge in [0.2, 0.25) is 0 Å². The second-order valence-electron chi connectivity index (χ2n) is 3.95. The predicted molar refractivity (Wildman–Crippen MR) is 76.5 cm³/mol. The van der Waals surface area contributed by atoms with E-state index in [2.05, 4.69) is 0 Å². The molecule has 0 atom stereocenters. The maximum absolute atomic E-state index is 11.3. The summed E-state index contributed by atoms with van der Waals surface area (Å²) in [6.07, 6.45) is 4.73. The SMILES string of the molecule is O=CC(=Cc1cccs1)n1ccc2ccccc21. The molecule has 0 saturated heterocycles. The predicted octanol–water partition coefficient (Wildman–Crippen LogP) is 3.90. The first kappa shape index (κ1) is 11.0. The van der Waals surface area contributed by atoms with Gasteiger partial charge in [-0.3, -0.25) is 4.79 Å². The summed E-state index contributed by atoms with van der Waals surface area (Å²) < 4.78 is 1.92. The van der Waals surface area contributed by atoms with E-state index < -0.39 is 0 Å². The highest BCUT2D eigenvalue weighted by Crippen LogP contribution is 2.21. The molecule has 0 amide bonds. The summed E-state index contributed by atoms with van der Waals surface area (Å²) in [7, 11) is 0. The normalized spacial score (nSPS) is 11.9. The average Bonchev–Trinajstić information content (AvgIpc) is 3.05. The monoisotopic (exact) mass is 253 g/mol. The lowest BCUT2D eigenvalue weighted by Gasteiger charge is -2.03. The molecule has 18 heavy (non-hydrogen) atoms. The number of rotatable bonds is 3. The largest absolute Gasteiger partial charge is 0.314 e. The summed E-state index contributed by atoms with van der Waals surface area (Å²) >= 11 is 1.62. The first-order chi connectivity index (χ1) is 8.88. The summed E-state index contributed by atoms with van der Waals surface area (Å²) in [6.45, 7) is 0. The lowest BCUT2D eigenvalue weighted by atomic mass is 10.2. The van der Waals surface area contributed by atoms with Gasteiger partial charge in [-0.25, -0.2) is 0 Å². The van der Waals surface area contributed by atoms with Gasteiger partial charge >= 0.3 is 0 Å². The molecule has 0 spiro atoms. The molecule has 3 heteroatoms. The number of benzene rings is 1. The quantitative estimate of drug-likeness (QED) is 0.512. The molecular formula is C15H11NOS. The van der Waals surface area contributed by atoms with E-state index in [1.165, 1.54) is 0 Å². The van der Waals surface area contributed by atoms with Crippen LogP contribution in [0.4, 0.5) is 0 Å².